The van der Waals surface area contributed by atoms with Gasteiger partial charge in [0.25, 0.3) is 0 Å². The van der Waals surface area contributed by atoms with E-state index in [1.54, 1.807) is 0 Å². The van der Waals surface area contributed by atoms with Crippen molar-refractivity contribution in [2.45, 2.75) is 25.3 Å². The Hall–Kier alpha value is -0.810. The van der Waals surface area contributed by atoms with Gasteiger partial charge in [-0.2, -0.15) is 0 Å². The molecule has 5 heteroatoms. The number of rotatable bonds is 4. The summed E-state index contributed by atoms with van der Waals surface area (Å²) in [6, 6.07) is 0.227. The average Bonchev–Trinajstić information content (AvgIpc) is 2.18. The molecule has 0 aliphatic carbocycles. The fraction of sp³-hybridized carbons (Fsp3) is 0.900. The van der Waals surface area contributed by atoms with Crippen molar-refractivity contribution >= 4 is 6.03 Å². The van der Waals surface area contributed by atoms with Crippen LogP contribution >= 0.6 is 0 Å². The highest BCUT2D eigenvalue weighted by atomic mass is 16.2. The first kappa shape index (κ1) is 12.3. The third-order valence-electron chi connectivity index (χ3n) is 2.63. The second-order valence-corrected chi connectivity index (χ2v) is 4.14. The molecule has 88 valence electrons. The number of nitrogens with one attached hydrogen (secondary N) is 2. The SMILES string of the molecule is CN1CCCC(NC(=O)NCCCN)C1. The van der Waals surface area contributed by atoms with E-state index in [-0.39, 0.29) is 6.03 Å². The first-order valence-electron chi connectivity index (χ1n) is 5.65. The van der Waals surface area contributed by atoms with Crippen LogP contribution in [0.4, 0.5) is 4.79 Å². The molecule has 1 atom stereocenters. The number of likely N-dealkylation sites (tertiary alicyclic amines) is 1. The Kier molecular flexibility index (Phi) is 5.42. The van der Waals surface area contributed by atoms with Gasteiger partial charge in [0.2, 0.25) is 0 Å². The summed E-state index contributed by atoms with van der Waals surface area (Å²) in [5.74, 6) is 0. The lowest BCUT2D eigenvalue weighted by molar-refractivity contribution is 0.209. The predicted octanol–water partition coefficient (Wildman–Crippen LogP) is -0.271. The average molecular weight is 214 g/mol. The summed E-state index contributed by atoms with van der Waals surface area (Å²) >= 11 is 0. The van der Waals surface area contributed by atoms with Crippen LogP contribution in [0.2, 0.25) is 0 Å². The minimum absolute atomic E-state index is 0.0660. The largest absolute Gasteiger partial charge is 0.338 e. The molecule has 0 saturated carbocycles. The van der Waals surface area contributed by atoms with E-state index in [4.69, 9.17) is 5.73 Å². The monoisotopic (exact) mass is 214 g/mol. The Morgan fingerprint density at radius 2 is 2.40 bits per heavy atom. The standard InChI is InChI=1S/C10H22N4O/c1-14-7-2-4-9(8-14)13-10(15)12-6-3-5-11/h9H,2-8,11H2,1H3,(H2,12,13,15). The Morgan fingerprint density at radius 1 is 1.60 bits per heavy atom. The molecule has 1 aliphatic heterocycles. The molecular formula is C10H22N4O. The van der Waals surface area contributed by atoms with E-state index in [0.29, 0.717) is 19.1 Å². The Labute approximate surface area is 91.4 Å². The smallest absolute Gasteiger partial charge is 0.315 e. The van der Waals surface area contributed by atoms with E-state index in [1.165, 1.54) is 0 Å². The van der Waals surface area contributed by atoms with Crippen molar-refractivity contribution in [2.24, 2.45) is 5.73 Å². The molecule has 1 rings (SSSR count). The normalized spacial score (nSPS) is 22.4. The lowest BCUT2D eigenvalue weighted by atomic mass is 10.1. The van der Waals surface area contributed by atoms with Crippen LogP contribution in [0.15, 0.2) is 0 Å². The van der Waals surface area contributed by atoms with Gasteiger partial charge in [0, 0.05) is 19.1 Å². The number of hydrogen-bond donors (Lipinski definition) is 3. The first-order chi connectivity index (χ1) is 7.22. The molecule has 5 nitrogen and oxygen atoms in total. The number of urea groups is 1. The van der Waals surface area contributed by atoms with Crippen molar-refractivity contribution < 1.29 is 4.79 Å². The van der Waals surface area contributed by atoms with E-state index in [9.17, 15) is 4.79 Å². The highest BCUT2D eigenvalue weighted by Crippen LogP contribution is 2.07. The van der Waals surface area contributed by atoms with Gasteiger partial charge in [-0.25, -0.2) is 4.79 Å². The molecule has 4 N–H and O–H groups in total. The molecular weight excluding hydrogens is 192 g/mol. The molecule has 2 amide bonds. The summed E-state index contributed by atoms with van der Waals surface area (Å²) in [5.41, 5.74) is 5.34. The molecule has 15 heavy (non-hydrogen) atoms. The fourth-order valence-electron chi connectivity index (χ4n) is 1.82. The van der Waals surface area contributed by atoms with Gasteiger partial charge in [0.05, 0.1) is 0 Å². The van der Waals surface area contributed by atoms with Gasteiger partial charge in [-0.05, 0) is 39.4 Å². The van der Waals surface area contributed by atoms with Crippen LogP contribution < -0.4 is 16.4 Å². The minimum Gasteiger partial charge on any atom is -0.338 e. The van der Waals surface area contributed by atoms with Crippen LogP contribution in [0, 0.1) is 0 Å². The van der Waals surface area contributed by atoms with Crippen LogP contribution in [-0.4, -0.2) is 50.2 Å². The third kappa shape index (κ3) is 4.99. The van der Waals surface area contributed by atoms with Gasteiger partial charge in [0.15, 0.2) is 0 Å². The maximum Gasteiger partial charge on any atom is 0.315 e. The molecule has 1 fully saturated rings. The number of nitrogens with two attached hydrogens (primary N) is 1. The molecule has 1 unspecified atom stereocenters. The number of likely N-dealkylation sites (N-methyl/N-ethyl adjacent to an activating group) is 1. The number of hydrogen-bond acceptors (Lipinski definition) is 3. The number of carbonyl (C=O) groups excluding carboxylic acids is 1. The lowest BCUT2D eigenvalue weighted by Crippen LogP contribution is -2.49. The first-order valence-corrected chi connectivity index (χ1v) is 5.65. The number of amides is 2. The molecule has 1 aliphatic rings. The Morgan fingerprint density at radius 3 is 3.07 bits per heavy atom. The zero-order valence-corrected chi connectivity index (χ0v) is 9.46. The van der Waals surface area contributed by atoms with Crippen LogP contribution in [-0.2, 0) is 0 Å². The summed E-state index contributed by atoms with van der Waals surface area (Å²) in [6.07, 6.45) is 3.07. The number of piperidine rings is 1. The van der Waals surface area contributed by atoms with Crippen LogP contribution in [0.25, 0.3) is 0 Å². The molecule has 0 spiro atoms. The van der Waals surface area contributed by atoms with Crippen molar-refractivity contribution in [2.75, 3.05) is 33.2 Å². The van der Waals surface area contributed by atoms with Gasteiger partial charge >= 0.3 is 6.03 Å². The zero-order valence-electron chi connectivity index (χ0n) is 9.46. The van der Waals surface area contributed by atoms with E-state index in [0.717, 1.165) is 32.4 Å². The third-order valence-corrected chi connectivity index (χ3v) is 2.63. The number of nitrogens with zero attached hydrogens (tertiary/aromatic N) is 1. The maximum atomic E-state index is 11.4. The highest BCUT2D eigenvalue weighted by molar-refractivity contribution is 5.74. The highest BCUT2D eigenvalue weighted by Gasteiger charge is 2.18. The second-order valence-electron chi connectivity index (χ2n) is 4.14. The molecule has 1 heterocycles. The van der Waals surface area contributed by atoms with Gasteiger partial charge < -0.3 is 21.3 Å². The zero-order chi connectivity index (χ0) is 11.1. The van der Waals surface area contributed by atoms with E-state index in [2.05, 4.69) is 22.6 Å². The lowest BCUT2D eigenvalue weighted by Gasteiger charge is -2.30. The van der Waals surface area contributed by atoms with Crippen molar-refractivity contribution in [1.82, 2.24) is 15.5 Å². The maximum absolute atomic E-state index is 11.4. The number of carbonyl (C=O) groups is 1. The molecule has 0 aromatic heterocycles. The van der Waals surface area contributed by atoms with Crippen molar-refractivity contribution in [3.05, 3.63) is 0 Å². The van der Waals surface area contributed by atoms with E-state index in [1.807, 2.05) is 0 Å². The molecule has 0 bridgehead atoms. The van der Waals surface area contributed by atoms with Gasteiger partial charge in [0.1, 0.15) is 0 Å². The van der Waals surface area contributed by atoms with Crippen molar-refractivity contribution in [3.63, 3.8) is 0 Å². The van der Waals surface area contributed by atoms with Gasteiger partial charge in [-0.15, -0.1) is 0 Å². The topological polar surface area (TPSA) is 70.4 Å². The van der Waals surface area contributed by atoms with Gasteiger partial charge in [-0.1, -0.05) is 0 Å². The molecule has 1 saturated heterocycles. The summed E-state index contributed by atoms with van der Waals surface area (Å²) in [4.78, 5) is 13.7. The Bertz CT molecular complexity index is 198. The van der Waals surface area contributed by atoms with Crippen LogP contribution in [0.1, 0.15) is 19.3 Å². The predicted molar refractivity (Wildman–Crippen MR) is 60.7 cm³/mol. The summed E-state index contributed by atoms with van der Waals surface area (Å²) < 4.78 is 0. The quantitative estimate of drug-likeness (QED) is 0.564. The second kappa shape index (κ2) is 6.63. The molecule has 0 aromatic rings. The molecule has 0 radical (unpaired) electrons. The molecule has 0 aromatic carbocycles. The van der Waals surface area contributed by atoms with E-state index >= 15 is 0 Å². The fourth-order valence-corrected chi connectivity index (χ4v) is 1.82. The van der Waals surface area contributed by atoms with Crippen molar-refractivity contribution in [1.29, 1.82) is 0 Å². The van der Waals surface area contributed by atoms with Gasteiger partial charge in [-0.3, -0.25) is 0 Å². The summed E-state index contributed by atoms with van der Waals surface area (Å²) in [6.45, 7) is 3.36. The van der Waals surface area contributed by atoms with Crippen molar-refractivity contribution in [3.8, 4) is 0 Å². The summed E-state index contributed by atoms with van der Waals surface area (Å²) in [5, 5.41) is 5.77. The Balaban J connectivity index is 2.13. The summed E-state index contributed by atoms with van der Waals surface area (Å²) in [7, 11) is 2.08. The minimum atomic E-state index is -0.0660. The van der Waals surface area contributed by atoms with E-state index < -0.39 is 0 Å². The van der Waals surface area contributed by atoms with Crippen LogP contribution in [0.5, 0.6) is 0 Å². The van der Waals surface area contributed by atoms with Crippen LogP contribution in [0.3, 0.4) is 0 Å².